The lowest BCUT2D eigenvalue weighted by Gasteiger charge is -2.08. The summed E-state index contributed by atoms with van der Waals surface area (Å²) in [6.45, 7) is 0.359. The first-order valence-electron chi connectivity index (χ1n) is 7.51. The zero-order valence-corrected chi connectivity index (χ0v) is 15.1. The largest absolute Gasteiger partial charge is 0.497 e. The van der Waals surface area contributed by atoms with Crippen LogP contribution in [0.2, 0.25) is 0 Å². The highest BCUT2D eigenvalue weighted by Gasteiger charge is 2.13. The van der Waals surface area contributed by atoms with Crippen LogP contribution in [-0.2, 0) is 6.54 Å². The highest BCUT2D eigenvalue weighted by Crippen LogP contribution is 2.22. The van der Waals surface area contributed by atoms with E-state index in [0.717, 1.165) is 9.75 Å². The Hall–Kier alpha value is -2.64. The van der Waals surface area contributed by atoms with Crippen LogP contribution in [0.25, 0.3) is 0 Å². The van der Waals surface area contributed by atoms with Crippen molar-refractivity contribution in [2.45, 2.75) is 6.54 Å². The number of hydrogen-bond acceptors (Lipinski definition) is 5. The molecule has 0 atom stereocenters. The van der Waals surface area contributed by atoms with Gasteiger partial charge in [-0.05, 0) is 35.7 Å². The Morgan fingerprint density at radius 2 is 1.96 bits per heavy atom. The third-order valence-corrected chi connectivity index (χ3v) is 5.33. The van der Waals surface area contributed by atoms with E-state index in [-0.39, 0.29) is 11.8 Å². The normalized spacial score (nSPS) is 10.3. The molecule has 25 heavy (non-hydrogen) atoms. The lowest BCUT2D eigenvalue weighted by atomic mass is 10.3. The van der Waals surface area contributed by atoms with Gasteiger partial charge < -0.3 is 15.4 Å². The maximum atomic E-state index is 12.3. The lowest BCUT2D eigenvalue weighted by Crippen LogP contribution is -2.27. The van der Waals surface area contributed by atoms with Gasteiger partial charge >= 0.3 is 6.03 Å². The summed E-state index contributed by atoms with van der Waals surface area (Å²) < 4.78 is 5.12. The highest BCUT2D eigenvalue weighted by molar-refractivity contribution is 7.16. The van der Waals surface area contributed by atoms with Crippen LogP contribution >= 0.6 is 22.7 Å². The monoisotopic (exact) mass is 372 g/mol. The highest BCUT2D eigenvalue weighted by atomic mass is 32.1. The predicted octanol–water partition coefficient (Wildman–Crippen LogP) is 4.37. The number of nitrogens with one attached hydrogen (secondary N) is 2. The van der Waals surface area contributed by atoms with E-state index in [1.807, 2.05) is 23.6 Å². The summed E-state index contributed by atoms with van der Waals surface area (Å²) in [4.78, 5) is 26.6. The molecule has 128 valence electrons. The zero-order valence-electron chi connectivity index (χ0n) is 13.4. The Morgan fingerprint density at radius 1 is 1.08 bits per heavy atom. The van der Waals surface area contributed by atoms with Crippen molar-refractivity contribution >= 4 is 40.2 Å². The van der Waals surface area contributed by atoms with Gasteiger partial charge in [0.25, 0.3) is 0 Å². The second kappa shape index (κ2) is 7.96. The average Bonchev–Trinajstić information content (AvgIpc) is 3.31. The van der Waals surface area contributed by atoms with Crippen LogP contribution in [0.15, 0.2) is 53.9 Å². The van der Waals surface area contributed by atoms with E-state index in [0.29, 0.717) is 22.9 Å². The molecule has 0 aliphatic rings. The predicted molar refractivity (Wildman–Crippen MR) is 101 cm³/mol. The van der Waals surface area contributed by atoms with Gasteiger partial charge in [0.2, 0.25) is 5.78 Å². The average molecular weight is 372 g/mol. The number of ketones is 1. The van der Waals surface area contributed by atoms with Crippen molar-refractivity contribution in [3.05, 3.63) is 68.5 Å². The summed E-state index contributed by atoms with van der Waals surface area (Å²) in [6.07, 6.45) is 0. The number of urea groups is 1. The van der Waals surface area contributed by atoms with Crippen molar-refractivity contribution in [1.29, 1.82) is 0 Å². The van der Waals surface area contributed by atoms with Crippen LogP contribution in [0.1, 0.15) is 19.4 Å². The van der Waals surface area contributed by atoms with E-state index < -0.39 is 0 Å². The molecule has 0 saturated carbocycles. The van der Waals surface area contributed by atoms with Gasteiger partial charge in [-0.3, -0.25) is 4.79 Å². The maximum Gasteiger partial charge on any atom is 0.319 e. The molecule has 5 nitrogen and oxygen atoms in total. The third-order valence-electron chi connectivity index (χ3n) is 3.38. The minimum atomic E-state index is -0.312. The van der Waals surface area contributed by atoms with E-state index in [1.54, 1.807) is 37.4 Å². The minimum absolute atomic E-state index is 0.0204. The van der Waals surface area contributed by atoms with E-state index in [9.17, 15) is 9.59 Å². The molecule has 3 rings (SSSR count). The number of carbonyl (C=O) groups is 2. The summed E-state index contributed by atoms with van der Waals surface area (Å²) in [7, 11) is 1.57. The van der Waals surface area contributed by atoms with Gasteiger partial charge in [-0.15, -0.1) is 22.7 Å². The molecule has 0 bridgehead atoms. The molecule has 0 aliphatic heterocycles. The minimum Gasteiger partial charge on any atom is -0.497 e. The molecule has 0 unspecified atom stereocenters. The van der Waals surface area contributed by atoms with Gasteiger partial charge in [0.05, 0.1) is 23.4 Å². The van der Waals surface area contributed by atoms with Crippen LogP contribution in [-0.4, -0.2) is 18.9 Å². The summed E-state index contributed by atoms with van der Waals surface area (Å²) in [5.74, 6) is 0.694. The molecule has 7 heteroatoms. The van der Waals surface area contributed by atoms with Crippen LogP contribution < -0.4 is 15.4 Å². The van der Waals surface area contributed by atoms with Crippen molar-refractivity contribution < 1.29 is 14.3 Å². The Morgan fingerprint density at radius 3 is 2.72 bits per heavy atom. The first kappa shape index (κ1) is 17.2. The standard InChI is InChI=1S/C18H16N2O3S2/c1-23-13-5-2-4-12(10-13)20-18(22)19-11-14-7-8-16(25-14)17(21)15-6-3-9-24-15/h2-10H,11H2,1H3,(H2,19,20,22). The Labute approximate surface area is 153 Å². The molecule has 3 aromatic rings. The van der Waals surface area contributed by atoms with E-state index >= 15 is 0 Å². The molecule has 0 aliphatic carbocycles. The fourth-order valence-corrected chi connectivity index (χ4v) is 3.81. The number of anilines is 1. The number of thiophene rings is 2. The van der Waals surface area contributed by atoms with Crippen molar-refractivity contribution in [2.75, 3.05) is 12.4 Å². The number of ether oxygens (including phenoxy) is 1. The topological polar surface area (TPSA) is 67.4 Å². The number of methoxy groups -OCH3 is 1. The van der Waals surface area contributed by atoms with Crippen LogP contribution in [0, 0.1) is 0 Å². The molecule has 2 N–H and O–H groups in total. The quantitative estimate of drug-likeness (QED) is 0.631. The fourth-order valence-electron chi connectivity index (χ4n) is 2.17. The van der Waals surface area contributed by atoms with Crippen molar-refractivity contribution in [2.24, 2.45) is 0 Å². The smallest absolute Gasteiger partial charge is 0.319 e. The molecule has 0 fully saturated rings. The second-order valence-electron chi connectivity index (χ2n) is 5.11. The molecular weight excluding hydrogens is 356 g/mol. The number of hydrogen-bond donors (Lipinski definition) is 2. The van der Waals surface area contributed by atoms with Gasteiger partial charge in [-0.1, -0.05) is 12.1 Å². The summed E-state index contributed by atoms with van der Waals surface area (Å²) in [5.41, 5.74) is 0.650. The van der Waals surface area contributed by atoms with Crippen LogP contribution in [0.4, 0.5) is 10.5 Å². The van der Waals surface area contributed by atoms with Gasteiger partial charge in [-0.25, -0.2) is 4.79 Å². The van der Waals surface area contributed by atoms with E-state index in [1.165, 1.54) is 22.7 Å². The van der Waals surface area contributed by atoms with Gasteiger partial charge in [0.15, 0.2) is 0 Å². The first-order valence-corrected chi connectivity index (χ1v) is 9.21. The Balaban J connectivity index is 1.55. The first-order chi connectivity index (χ1) is 12.2. The zero-order chi connectivity index (χ0) is 17.6. The summed E-state index contributed by atoms with van der Waals surface area (Å²) >= 11 is 2.81. The van der Waals surface area contributed by atoms with Crippen LogP contribution in [0.5, 0.6) is 5.75 Å². The molecule has 1 aromatic carbocycles. The second-order valence-corrected chi connectivity index (χ2v) is 7.23. The fraction of sp³-hybridized carbons (Fsp3) is 0.111. The molecule has 2 heterocycles. The molecule has 0 saturated heterocycles. The molecular formula is C18H16N2O3S2. The maximum absolute atomic E-state index is 12.3. The number of amides is 2. The summed E-state index contributed by atoms with van der Waals surface area (Å²) in [5, 5.41) is 7.41. The van der Waals surface area contributed by atoms with E-state index in [4.69, 9.17) is 4.74 Å². The molecule has 0 radical (unpaired) electrons. The van der Waals surface area contributed by atoms with E-state index in [2.05, 4.69) is 10.6 Å². The number of benzene rings is 1. The van der Waals surface area contributed by atoms with Gasteiger partial charge in [0, 0.05) is 16.6 Å². The van der Waals surface area contributed by atoms with Crippen molar-refractivity contribution in [3.63, 3.8) is 0 Å². The Bertz CT molecular complexity index is 872. The van der Waals surface area contributed by atoms with Crippen molar-refractivity contribution in [1.82, 2.24) is 5.32 Å². The third kappa shape index (κ3) is 4.46. The number of rotatable bonds is 6. The van der Waals surface area contributed by atoms with Crippen molar-refractivity contribution in [3.8, 4) is 5.75 Å². The SMILES string of the molecule is COc1cccc(NC(=O)NCc2ccc(C(=O)c3cccs3)s2)c1. The Kier molecular flexibility index (Phi) is 5.47. The summed E-state index contributed by atoms with van der Waals surface area (Å²) in [6, 6.07) is 14.1. The lowest BCUT2D eigenvalue weighted by molar-refractivity contribution is 0.104. The molecule has 2 amide bonds. The molecule has 0 spiro atoms. The van der Waals surface area contributed by atoms with Gasteiger partial charge in [-0.2, -0.15) is 0 Å². The van der Waals surface area contributed by atoms with Gasteiger partial charge in [0.1, 0.15) is 5.75 Å². The van der Waals surface area contributed by atoms with Crippen LogP contribution in [0.3, 0.4) is 0 Å². The molecule has 2 aromatic heterocycles. The number of carbonyl (C=O) groups excluding carboxylic acids is 2.